The van der Waals surface area contributed by atoms with Crippen molar-refractivity contribution < 1.29 is 9.53 Å². The second-order valence-corrected chi connectivity index (χ2v) is 3.59. The van der Waals surface area contributed by atoms with Gasteiger partial charge in [-0.05, 0) is 17.7 Å². The molecule has 0 fully saturated rings. The molecule has 0 unspecified atom stereocenters. The van der Waals surface area contributed by atoms with E-state index in [1.54, 1.807) is 6.07 Å². The van der Waals surface area contributed by atoms with Gasteiger partial charge in [0.2, 0.25) is 0 Å². The van der Waals surface area contributed by atoms with Crippen LogP contribution in [0.15, 0.2) is 53.5 Å². The standard InChI is InChI=1S/C13H12N2O3/c16-12-11(7-4-8-14-12)18-13(17)15-9-10-5-2-1-3-6-10/h1-8H,9H2,(H,14,16)(H,15,17). The van der Waals surface area contributed by atoms with Crippen LogP contribution in [0, 0.1) is 0 Å². The number of hydrogen-bond donors (Lipinski definition) is 2. The lowest BCUT2D eigenvalue weighted by atomic mass is 10.2. The first-order valence-corrected chi connectivity index (χ1v) is 5.43. The van der Waals surface area contributed by atoms with Crippen molar-refractivity contribution in [1.29, 1.82) is 0 Å². The van der Waals surface area contributed by atoms with Crippen LogP contribution in [-0.4, -0.2) is 11.1 Å². The van der Waals surface area contributed by atoms with E-state index >= 15 is 0 Å². The first kappa shape index (κ1) is 11.9. The highest BCUT2D eigenvalue weighted by Gasteiger charge is 2.06. The molecule has 0 bridgehead atoms. The SMILES string of the molecule is O=C(NCc1ccccc1)Oc1ccc[nH]c1=O. The quantitative estimate of drug-likeness (QED) is 0.862. The minimum atomic E-state index is -0.657. The van der Waals surface area contributed by atoms with Crippen molar-refractivity contribution in [3.63, 3.8) is 0 Å². The van der Waals surface area contributed by atoms with Crippen LogP contribution in [0.4, 0.5) is 4.79 Å². The van der Waals surface area contributed by atoms with E-state index in [-0.39, 0.29) is 5.75 Å². The Morgan fingerprint density at radius 1 is 1.17 bits per heavy atom. The van der Waals surface area contributed by atoms with E-state index in [1.165, 1.54) is 12.3 Å². The summed E-state index contributed by atoms with van der Waals surface area (Å²) in [6.07, 6.45) is 0.812. The van der Waals surface area contributed by atoms with Gasteiger partial charge < -0.3 is 15.0 Å². The fourth-order valence-electron chi connectivity index (χ4n) is 1.39. The van der Waals surface area contributed by atoms with Crippen LogP contribution in [0.3, 0.4) is 0 Å². The minimum Gasteiger partial charge on any atom is -0.404 e. The summed E-state index contributed by atoms with van der Waals surface area (Å²) in [6.45, 7) is 0.352. The lowest BCUT2D eigenvalue weighted by molar-refractivity contribution is 0.199. The molecule has 0 saturated heterocycles. The van der Waals surface area contributed by atoms with Gasteiger partial charge in [-0.2, -0.15) is 0 Å². The summed E-state index contributed by atoms with van der Waals surface area (Å²) >= 11 is 0. The number of nitrogens with one attached hydrogen (secondary N) is 2. The second kappa shape index (κ2) is 5.67. The molecule has 0 atom stereocenters. The van der Waals surface area contributed by atoms with Gasteiger partial charge in [-0.3, -0.25) is 4.79 Å². The first-order valence-electron chi connectivity index (χ1n) is 5.43. The fraction of sp³-hybridized carbons (Fsp3) is 0.0769. The van der Waals surface area contributed by atoms with Crippen LogP contribution >= 0.6 is 0 Å². The number of benzene rings is 1. The zero-order valence-electron chi connectivity index (χ0n) is 9.55. The summed E-state index contributed by atoms with van der Waals surface area (Å²) in [6, 6.07) is 12.4. The van der Waals surface area contributed by atoms with E-state index in [4.69, 9.17) is 4.74 Å². The van der Waals surface area contributed by atoms with E-state index in [2.05, 4.69) is 10.3 Å². The van der Waals surface area contributed by atoms with E-state index < -0.39 is 11.7 Å². The molecule has 18 heavy (non-hydrogen) atoms. The fourth-order valence-corrected chi connectivity index (χ4v) is 1.39. The summed E-state index contributed by atoms with van der Waals surface area (Å²) in [5.41, 5.74) is 0.517. The molecule has 2 N–H and O–H groups in total. The molecule has 2 rings (SSSR count). The van der Waals surface area contributed by atoms with Crippen LogP contribution in [0.5, 0.6) is 5.75 Å². The largest absolute Gasteiger partial charge is 0.413 e. The molecule has 5 nitrogen and oxygen atoms in total. The van der Waals surface area contributed by atoms with Crippen molar-refractivity contribution in [3.8, 4) is 5.75 Å². The summed E-state index contributed by atoms with van der Waals surface area (Å²) in [5.74, 6) is -0.0249. The summed E-state index contributed by atoms with van der Waals surface area (Å²) in [4.78, 5) is 25.1. The number of aromatic amines is 1. The zero-order valence-corrected chi connectivity index (χ0v) is 9.55. The number of ether oxygens (including phenoxy) is 1. The van der Waals surface area contributed by atoms with Crippen molar-refractivity contribution in [3.05, 3.63) is 64.6 Å². The first-order chi connectivity index (χ1) is 8.75. The predicted molar refractivity (Wildman–Crippen MR) is 66.4 cm³/mol. The highest BCUT2D eigenvalue weighted by Crippen LogP contribution is 2.01. The maximum absolute atomic E-state index is 11.5. The van der Waals surface area contributed by atoms with Gasteiger partial charge in [0.05, 0.1) is 0 Å². The van der Waals surface area contributed by atoms with E-state index in [0.29, 0.717) is 6.54 Å². The number of rotatable bonds is 3. The third-order valence-electron chi connectivity index (χ3n) is 2.26. The number of aromatic nitrogens is 1. The number of amides is 1. The van der Waals surface area contributed by atoms with Crippen molar-refractivity contribution >= 4 is 6.09 Å². The number of H-pyrrole nitrogens is 1. The highest BCUT2D eigenvalue weighted by molar-refractivity contribution is 5.70. The van der Waals surface area contributed by atoms with Gasteiger partial charge >= 0.3 is 6.09 Å². The topological polar surface area (TPSA) is 71.2 Å². The lowest BCUT2D eigenvalue weighted by Gasteiger charge is -2.05. The molecule has 92 valence electrons. The van der Waals surface area contributed by atoms with Crippen molar-refractivity contribution in [1.82, 2.24) is 10.3 Å². The smallest absolute Gasteiger partial charge is 0.404 e. The molecule has 0 aliphatic rings. The van der Waals surface area contributed by atoms with Gasteiger partial charge in [0.25, 0.3) is 5.56 Å². The summed E-state index contributed by atoms with van der Waals surface area (Å²) in [5, 5.41) is 2.56. The molecular formula is C13H12N2O3. The molecule has 1 aromatic carbocycles. The Balaban J connectivity index is 1.90. The van der Waals surface area contributed by atoms with Gasteiger partial charge in [-0.15, -0.1) is 0 Å². The third-order valence-corrected chi connectivity index (χ3v) is 2.26. The maximum atomic E-state index is 11.5. The van der Waals surface area contributed by atoms with Crippen molar-refractivity contribution in [2.24, 2.45) is 0 Å². The Bertz CT molecular complexity index is 578. The molecule has 0 aliphatic carbocycles. The molecule has 5 heteroatoms. The van der Waals surface area contributed by atoms with E-state index in [0.717, 1.165) is 5.56 Å². The van der Waals surface area contributed by atoms with E-state index in [9.17, 15) is 9.59 Å². The van der Waals surface area contributed by atoms with Gasteiger partial charge in [0, 0.05) is 12.7 Å². The Morgan fingerprint density at radius 2 is 1.94 bits per heavy atom. The van der Waals surface area contributed by atoms with E-state index in [1.807, 2.05) is 30.3 Å². The average Bonchev–Trinajstić information content (AvgIpc) is 2.40. The molecule has 2 aromatic rings. The van der Waals surface area contributed by atoms with Gasteiger partial charge in [0.1, 0.15) is 0 Å². The van der Waals surface area contributed by atoms with Gasteiger partial charge in [0.15, 0.2) is 5.75 Å². The molecule has 0 aliphatic heterocycles. The molecule has 0 spiro atoms. The number of hydrogen-bond acceptors (Lipinski definition) is 3. The number of carbonyl (C=O) groups is 1. The normalized spacial score (nSPS) is 9.78. The van der Waals surface area contributed by atoms with Gasteiger partial charge in [-0.1, -0.05) is 30.3 Å². The molecule has 0 saturated carbocycles. The monoisotopic (exact) mass is 244 g/mol. The van der Waals surface area contributed by atoms with Crippen LogP contribution in [-0.2, 0) is 6.54 Å². The van der Waals surface area contributed by atoms with Crippen LogP contribution in [0.1, 0.15) is 5.56 Å². The minimum absolute atomic E-state index is 0.0249. The molecule has 1 amide bonds. The maximum Gasteiger partial charge on any atom is 0.413 e. The Morgan fingerprint density at radius 3 is 2.67 bits per heavy atom. The van der Waals surface area contributed by atoms with Gasteiger partial charge in [-0.25, -0.2) is 4.79 Å². The number of pyridine rings is 1. The average molecular weight is 244 g/mol. The third kappa shape index (κ3) is 3.21. The molecule has 1 heterocycles. The van der Waals surface area contributed by atoms with Crippen molar-refractivity contribution in [2.75, 3.05) is 0 Å². The zero-order chi connectivity index (χ0) is 12.8. The van der Waals surface area contributed by atoms with Crippen LogP contribution in [0.25, 0.3) is 0 Å². The Kier molecular flexibility index (Phi) is 3.76. The Labute approximate surface area is 103 Å². The molecule has 1 aromatic heterocycles. The Hall–Kier alpha value is -2.56. The molecular weight excluding hydrogens is 232 g/mol. The van der Waals surface area contributed by atoms with Crippen LogP contribution in [0.2, 0.25) is 0 Å². The second-order valence-electron chi connectivity index (χ2n) is 3.59. The molecule has 0 radical (unpaired) electrons. The summed E-state index contributed by atoms with van der Waals surface area (Å²) in [7, 11) is 0. The number of carbonyl (C=O) groups excluding carboxylic acids is 1. The van der Waals surface area contributed by atoms with Crippen LogP contribution < -0.4 is 15.6 Å². The van der Waals surface area contributed by atoms with Crippen molar-refractivity contribution in [2.45, 2.75) is 6.54 Å². The predicted octanol–water partition coefficient (Wildman–Crippen LogP) is 1.66. The highest BCUT2D eigenvalue weighted by atomic mass is 16.6. The summed E-state index contributed by atoms with van der Waals surface area (Å²) < 4.78 is 4.87. The lowest BCUT2D eigenvalue weighted by Crippen LogP contribution is -2.28.